The number of anilines is 1. The Labute approximate surface area is 190 Å². The summed E-state index contributed by atoms with van der Waals surface area (Å²) in [7, 11) is 1.59. The second-order valence-electron chi connectivity index (χ2n) is 6.85. The van der Waals surface area contributed by atoms with Crippen molar-refractivity contribution < 1.29 is 13.9 Å². The minimum atomic E-state index is -0.590. The quantitative estimate of drug-likeness (QED) is 0.358. The molecular formula is C24H22N4O3S. The first-order valence-electron chi connectivity index (χ1n) is 9.98. The highest BCUT2D eigenvalue weighted by Gasteiger charge is 2.23. The van der Waals surface area contributed by atoms with Gasteiger partial charge < -0.3 is 19.8 Å². The summed E-state index contributed by atoms with van der Waals surface area (Å²) >= 11 is 1.45. The molecule has 4 aromatic rings. The van der Waals surface area contributed by atoms with Crippen LogP contribution in [0.4, 0.5) is 10.5 Å². The molecule has 0 aliphatic heterocycles. The number of benzene rings is 3. The molecule has 0 spiro atoms. The van der Waals surface area contributed by atoms with Crippen molar-refractivity contribution in [1.82, 2.24) is 15.5 Å². The van der Waals surface area contributed by atoms with Gasteiger partial charge in [-0.15, -0.1) is 10.2 Å². The Morgan fingerprint density at radius 1 is 0.969 bits per heavy atom. The van der Waals surface area contributed by atoms with E-state index in [4.69, 9.17) is 9.15 Å². The number of carbonyl (C=O) groups excluding carboxylic acids is 1. The molecule has 1 atom stereocenters. The lowest BCUT2D eigenvalue weighted by atomic mass is 10.1. The van der Waals surface area contributed by atoms with E-state index in [9.17, 15) is 4.79 Å². The van der Waals surface area contributed by atoms with Crippen LogP contribution in [0.15, 0.2) is 94.6 Å². The van der Waals surface area contributed by atoms with Crippen LogP contribution in [0.1, 0.15) is 23.1 Å². The average molecular weight is 447 g/mol. The molecule has 1 aromatic heterocycles. The summed E-state index contributed by atoms with van der Waals surface area (Å²) in [5.41, 5.74) is 2.63. The van der Waals surface area contributed by atoms with Gasteiger partial charge in [0, 0.05) is 11.4 Å². The number of hydrogen-bond donors (Lipinski definition) is 2. The van der Waals surface area contributed by atoms with Crippen LogP contribution in [-0.4, -0.2) is 23.3 Å². The molecule has 7 nitrogen and oxygen atoms in total. The Balaban J connectivity index is 1.47. The molecule has 0 unspecified atom stereocenters. The van der Waals surface area contributed by atoms with Gasteiger partial charge in [-0.05, 0) is 35.4 Å². The molecule has 0 bridgehead atoms. The molecule has 2 N–H and O–H groups in total. The van der Waals surface area contributed by atoms with Crippen LogP contribution >= 0.6 is 11.8 Å². The lowest BCUT2D eigenvalue weighted by Crippen LogP contribution is -2.33. The van der Waals surface area contributed by atoms with Crippen LogP contribution in [0.2, 0.25) is 0 Å². The zero-order valence-corrected chi connectivity index (χ0v) is 18.2. The maximum Gasteiger partial charge on any atom is 0.320 e. The highest BCUT2D eigenvalue weighted by Crippen LogP contribution is 2.26. The fraction of sp³-hybridized carbons (Fsp3) is 0.125. The van der Waals surface area contributed by atoms with E-state index in [1.165, 1.54) is 11.8 Å². The number of thioether (sulfide) groups is 1. The summed E-state index contributed by atoms with van der Waals surface area (Å²) in [5, 5.41) is 14.5. The molecule has 32 heavy (non-hydrogen) atoms. The van der Waals surface area contributed by atoms with E-state index < -0.39 is 6.04 Å². The summed E-state index contributed by atoms with van der Waals surface area (Å²) in [6.45, 7) is 0. The Hall–Kier alpha value is -3.78. The molecule has 0 saturated heterocycles. The van der Waals surface area contributed by atoms with Gasteiger partial charge in [0.15, 0.2) is 0 Å². The van der Waals surface area contributed by atoms with Gasteiger partial charge in [0.05, 0.1) is 7.11 Å². The Morgan fingerprint density at radius 3 is 2.34 bits per heavy atom. The third kappa shape index (κ3) is 5.67. The van der Waals surface area contributed by atoms with Crippen LogP contribution in [-0.2, 0) is 5.75 Å². The molecule has 0 aliphatic rings. The average Bonchev–Trinajstić information content (AvgIpc) is 3.32. The summed E-state index contributed by atoms with van der Waals surface area (Å²) in [6, 6.07) is 25.7. The molecule has 0 saturated carbocycles. The molecule has 3 aromatic carbocycles. The van der Waals surface area contributed by atoms with E-state index in [-0.39, 0.29) is 6.03 Å². The molecular weight excluding hydrogens is 424 g/mol. The van der Waals surface area contributed by atoms with Crippen molar-refractivity contribution >= 4 is 23.5 Å². The van der Waals surface area contributed by atoms with Crippen molar-refractivity contribution in [2.24, 2.45) is 0 Å². The van der Waals surface area contributed by atoms with Gasteiger partial charge in [0.2, 0.25) is 5.89 Å². The van der Waals surface area contributed by atoms with E-state index in [1.54, 1.807) is 31.4 Å². The third-order valence-corrected chi connectivity index (χ3v) is 5.52. The van der Waals surface area contributed by atoms with Gasteiger partial charge in [0.1, 0.15) is 11.8 Å². The summed E-state index contributed by atoms with van der Waals surface area (Å²) < 4.78 is 11.0. The summed E-state index contributed by atoms with van der Waals surface area (Å²) in [4.78, 5) is 12.7. The Morgan fingerprint density at radius 2 is 1.66 bits per heavy atom. The van der Waals surface area contributed by atoms with Crippen molar-refractivity contribution in [3.8, 4) is 5.75 Å². The summed E-state index contributed by atoms with van der Waals surface area (Å²) in [6.07, 6.45) is 0. The first kappa shape index (κ1) is 21.5. The van der Waals surface area contributed by atoms with Gasteiger partial charge >= 0.3 is 6.03 Å². The number of nitrogens with one attached hydrogen (secondary N) is 2. The second kappa shape index (κ2) is 10.5. The van der Waals surface area contributed by atoms with Crippen LogP contribution in [0.3, 0.4) is 0 Å². The smallest absolute Gasteiger partial charge is 0.320 e. The first-order chi connectivity index (χ1) is 15.7. The van der Waals surface area contributed by atoms with Crippen LogP contribution in [0, 0.1) is 0 Å². The third-order valence-electron chi connectivity index (χ3n) is 4.63. The predicted octanol–water partition coefficient (Wildman–Crippen LogP) is 5.28. The van der Waals surface area contributed by atoms with Crippen LogP contribution in [0.5, 0.6) is 5.75 Å². The van der Waals surface area contributed by atoms with E-state index in [0.29, 0.717) is 28.3 Å². The zero-order chi connectivity index (χ0) is 22.2. The highest BCUT2D eigenvalue weighted by atomic mass is 32.2. The van der Waals surface area contributed by atoms with Gasteiger partial charge in [-0.1, -0.05) is 72.4 Å². The number of methoxy groups -OCH3 is 1. The SMILES string of the molecule is COc1ccc(NC(=O)N[C@@H](c2ccccc2)c2nnc(SCc3ccccc3)o2)cc1. The monoisotopic (exact) mass is 446 g/mol. The maximum absolute atomic E-state index is 12.7. The number of rotatable bonds is 8. The van der Waals surface area contributed by atoms with Crippen molar-refractivity contribution in [2.75, 3.05) is 12.4 Å². The fourth-order valence-corrected chi connectivity index (χ4v) is 3.75. The normalized spacial score (nSPS) is 11.5. The number of nitrogens with zero attached hydrogens (tertiary/aromatic N) is 2. The molecule has 0 radical (unpaired) electrons. The predicted molar refractivity (Wildman–Crippen MR) is 124 cm³/mol. The number of urea groups is 1. The highest BCUT2D eigenvalue weighted by molar-refractivity contribution is 7.98. The van der Waals surface area contributed by atoms with Gasteiger partial charge in [-0.25, -0.2) is 4.79 Å². The van der Waals surface area contributed by atoms with Crippen molar-refractivity contribution in [3.05, 3.63) is 102 Å². The molecule has 162 valence electrons. The van der Waals surface area contributed by atoms with E-state index in [1.807, 2.05) is 60.7 Å². The van der Waals surface area contributed by atoms with E-state index >= 15 is 0 Å². The standard InChI is InChI=1S/C24H22N4O3S/c1-30-20-14-12-19(13-15-20)25-23(29)26-21(18-10-6-3-7-11-18)22-27-28-24(31-22)32-16-17-8-4-2-5-9-17/h2-15,21H,16H2,1H3,(H2,25,26,29)/t21-/m0/s1. The van der Waals surface area contributed by atoms with Crippen molar-refractivity contribution in [3.63, 3.8) is 0 Å². The number of hydrogen-bond acceptors (Lipinski definition) is 6. The maximum atomic E-state index is 12.7. The number of carbonyl (C=O) groups is 1. The largest absolute Gasteiger partial charge is 0.497 e. The van der Waals surface area contributed by atoms with E-state index in [0.717, 1.165) is 11.1 Å². The molecule has 4 rings (SSSR count). The van der Waals surface area contributed by atoms with Crippen molar-refractivity contribution in [1.29, 1.82) is 0 Å². The zero-order valence-electron chi connectivity index (χ0n) is 17.4. The lowest BCUT2D eigenvalue weighted by Gasteiger charge is -2.16. The molecule has 0 fully saturated rings. The lowest BCUT2D eigenvalue weighted by molar-refractivity contribution is 0.247. The van der Waals surface area contributed by atoms with Crippen LogP contribution in [0.25, 0.3) is 0 Å². The Bertz CT molecular complexity index is 1130. The topological polar surface area (TPSA) is 89.3 Å². The molecule has 2 amide bonds. The second-order valence-corrected chi connectivity index (χ2v) is 7.78. The number of aromatic nitrogens is 2. The van der Waals surface area contributed by atoms with E-state index in [2.05, 4.69) is 20.8 Å². The minimum Gasteiger partial charge on any atom is -0.497 e. The molecule has 0 aliphatic carbocycles. The summed E-state index contributed by atoms with van der Waals surface area (Å²) in [5.74, 6) is 1.74. The minimum absolute atomic E-state index is 0.316. The van der Waals surface area contributed by atoms with Crippen molar-refractivity contribution in [2.45, 2.75) is 17.0 Å². The van der Waals surface area contributed by atoms with Gasteiger partial charge in [-0.3, -0.25) is 0 Å². The van der Waals surface area contributed by atoms with Gasteiger partial charge in [0.25, 0.3) is 5.22 Å². The number of ether oxygens (including phenoxy) is 1. The fourth-order valence-electron chi connectivity index (χ4n) is 3.02. The molecule has 1 heterocycles. The van der Waals surface area contributed by atoms with Crippen LogP contribution < -0.4 is 15.4 Å². The molecule has 8 heteroatoms. The number of amides is 2. The Kier molecular flexibility index (Phi) is 7.04. The first-order valence-corrected chi connectivity index (χ1v) is 11.0. The van der Waals surface area contributed by atoms with Gasteiger partial charge in [-0.2, -0.15) is 0 Å².